The van der Waals surface area contributed by atoms with Crippen LogP contribution in [0.1, 0.15) is 35.3 Å². The Morgan fingerprint density at radius 2 is 1.80 bits per heavy atom. The third-order valence-electron chi connectivity index (χ3n) is 5.17. The molecule has 0 aliphatic carbocycles. The first kappa shape index (κ1) is 20.3. The Balaban J connectivity index is 1.28. The molecule has 0 saturated carbocycles. The number of hydrogen-bond donors (Lipinski definition) is 2. The Bertz CT molecular complexity index is 1040. The summed E-state index contributed by atoms with van der Waals surface area (Å²) in [6, 6.07) is 14.8. The minimum atomic E-state index is -0.192. The predicted octanol–water partition coefficient (Wildman–Crippen LogP) is 4.41. The van der Waals surface area contributed by atoms with Crippen LogP contribution in [-0.2, 0) is 17.8 Å². The van der Waals surface area contributed by atoms with Crippen LogP contribution in [0.4, 0.5) is 5.69 Å². The number of imidazole rings is 1. The molecular weight excluding hydrogens is 444 g/mol. The van der Waals surface area contributed by atoms with Crippen LogP contribution >= 0.6 is 15.9 Å². The van der Waals surface area contributed by atoms with E-state index in [2.05, 4.69) is 36.1 Å². The Hall–Kier alpha value is -2.93. The summed E-state index contributed by atoms with van der Waals surface area (Å²) in [6.07, 6.45) is 5.66. The molecule has 2 aromatic carbocycles. The SMILES string of the molecule is O=C(CCNC(=O)c1ccc(Br)cc1)Nc1ccc(-c2ncc3n2CCCC3)cc1. The van der Waals surface area contributed by atoms with Gasteiger partial charge in [-0.1, -0.05) is 15.9 Å². The first-order valence-electron chi connectivity index (χ1n) is 10.1. The summed E-state index contributed by atoms with van der Waals surface area (Å²) in [4.78, 5) is 28.9. The molecule has 1 aromatic heterocycles. The first-order valence-corrected chi connectivity index (χ1v) is 10.9. The van der Waals surface area contributed by atoms with Gasteiger partial charge in [-0.2, -0.15) is 0 Å². The lowest BCUT2D eigenvalue weighted by Crippen LogP contribution is -2.27. The number of anilines is 1. The van der Waals surface area contributed by atoms with E-state index in [-0.39, 0.29) is 24.8 Å². The van der Waals surface area contributed by atoms with Crippen LogP contribution in [0, 0.1) is 0 Å². The largest absolute Gasteiger partial charge is 0.352 e. The quantitative estimate of drug-likeness (QED) is 0.564. The van der Waals surface area contributed by atoms with Crippen molar-refractivity contribution >= 4 is 33.4 Å². The molecule has 0 unspecified atom stereocenters. The lowest BCUT2D eigenvalue weighted by atomic mass is 10.1. The van der Waals surface area contributed by atoms with Crippen molar-refractivity contribution < 1.29 is 9.59 Å². The number of nitrogens with zero attached hydrogens (tertiary/aromatic N) is 2. The van der Waals surface area contributed by atoms with Crippen LogP contribution in [0.15, 0.2) is 59.2 Å². The van der Waals surface area contributed by atoms with Crippen LogP contribution in [0.2, 0.25) is 0 Å². The van der Waals surface area contributed by atoms with Gasteiger partial charge >= 0.3 is 0 Å². The first-order chi connectivity index (χ1) is 14.6. The lowest BCUT2D eigenvalue weighted by molar-refractivity contribution is -0.116. The van der Waals surface area contributed by atoms with Crippen molar-refractivity contribution in [2.75, 3.05) is 11.9 Å². The maximum atomic E-state index is 12.2. The van der Waals surface area contributed by atoms with Crippen LogP contribution in [0.3, 0.4) is 0 Å². The zero-order valence-electron chi connectivity index (χ0n) is 16.5. The van der Waals surface area contributed by atoms with Crippen LogP contribution < -0.4 is 10.6 Å². The maximum Gasteiger partial charge on any atom is 0.251 e. The summed E-state index contributed by atoms with van der Waals surface area (Å²) < 4.78 is 3.20. The summed E-state index contributed by atoms with van der Waals surface area (Å²) >= 11 is 3.34. The highest BCUT2D eigenvalue weighted by atomic mass is 79.9. The predicted molar refractivity (Wildman–Crippen MR) is 120 cm³/mol. The van der Waals surface area contributed by atoms with Gasteiger partial charge in [-0.3, -0.25) is 9.59 Å². The van der Waals surface area contributed by atoms with Crippen LogP contribution in [0.25, 0.3) is 11.4 Å². The van der Waals surface area contributed by atoms with Gasteiger partial charge in [-0.15, -0.1) is 0 Å². The number of hydrogen-bond acceptors (Lipinski definition) is 3. The fourth-order valence-electron chi connectivity index (χ4n) is 3.59. The molecule has 3 aromatic rings. The van der Waals surface area contributed by atoms with E-state index < -0.39 is 0 Å². The summed E-state index contributed by atoms with van der Waals surface area (Å²) in [6.45, 7) is 1.29. The number of rotatable bonds is 6. The molecule has 1 aliphatic heterocycles. The summed E-state index contributed by atoms with van der Waals surface area (Å²) in [5, 5.41) is 5.64. The number of aryl methyl sites for hydroxylation is 1. The molecular formula is C23H23BrN4O2. The molecule has 7 heteroatoms. The van der Waals surface area contributed by atoms with Crippen molar-refractivity contribution in [3.05, 3.63) is 70.5 Å². The Morgan fingerprint density at radius 3 is 2.57 bits per heavy atom. The molecule has 2 N–H and O–H groups in total. The fraction of sp³-hybridized carbons (Fsp3) is 0.261. The van der Waals surface area contributed by atoms with Crippen LogP contribution in [-0.4, -0.2) is 27.9 Å². The minimum Gasteiger partial charge on any atom is -0.352 e. The van der Waals surface area contributed by atoms with Gasteiger partial charge in [-0.05, 0) is 67.8 Å². The topological polar surface area (TPSA) is 76.0 Å². The van der Waals surface area contributed by atoms with Crippen molar-refractivity contribution in [2.24, 2.45) is 0 Å². The normalized spacial score (nSPS) is 12.8. The van der Waals surface area contributed by atoms with E-state index in [1.807, 2.05) is 42.6 Å². The number of carbonyl (C=O) groups is 2. The smallest absolute Gasteiger partial charge is 0.251 e. The van der Waals surface area contributed by atoms with Crippen LogP contribution in [0.5, 0.6) is 0 Å². The zero-order chi connectivity index (χ0) is 20.9. The van der Waals surface area contributed by atoms with Crippen molar-refractivity contribution in [1.82, 2.24) is 14.9 Å². The molecule has 0 atom stereocenters. The third kappa shape index (κ3) is 4.79. The number of carbonyl (C=O) groups excluding carboxylic acids is 2. The Morgan fingerprint density at radius 1 is 1.03 bits per heavy atom. The van der Waals surface area contributed by atoms with E-state index >= 15 is 0 Å². The monoisotopic (exact) mass is 466 g/mol. The molecule has 6 nitrogen and oxygen atoms in total. The second kappa shape index (κ2) is 9.26. The number of amides is 2. The average Bonchev–Trinajstić information content (AvgIpc) is 3.19. The van der Waals surface area contributed by atoms with Gasteiger partial charge in [-0.25, -0.2) is 4.98 Å². The van der Waals surface area contributed by atoms with Crippen molar-refractivity contribution in [1.29, 1.82) is 0 Å². The molecule has 154 valence electrons. The van der Waals surface area contributed by atoms with Gasteiger partial charge in [0.15, 0.2) is 0 Å². The van der Waals surface area contributed by atoms with E-state index in [4.69, 9.17) is 0 Å². The van der Waals surface area contributed by atoms with Gasteiger partial charge in [0.25, 0.3) is 5.91 Å². The summed E-state index contributed by atoms with van der Waals surface area (Å²) in [5.74, 6) is 0.651. The van der Waals surface area contributed by atoms with Crippen molar-refractivity contribution in [3.63, 3.8) is 0 Å². The average molecular weight is 467 g/mol. The van der Waals surface area contributed by atoms with Crippen molar-refractivity contribution in [3.8, 4) is 11.4 Å². The highest BCUT2D eigenvalue weighted by Gasteiger charge is 2.15. The standard InChI is InChI=1S/C23H23BrN4O2/c24-18-8-4-17(5-9-18)23(30)25-13-12-21(29)27-19-10-6-16(7-11-19)22-26-15-20-3-1-2-14-28(20)22/h4-11,15H,1-3,12-14H2,(H,25,30)(H,27,29). The van der Waals surface area contributed by atoms with Crippen molar-refractivity contribution in [2.45, 2.75) is 32.2 Å². The molecule has 0 bridgehead atoms. The maximum absolute atomic E-state index is 12.2. The number of fused-ring (bicyclic) bond motifs is 1. The summed E-state index contributed by atoms with van der Waals surface area (Å²) in [7, 11) is 0. The molecule has 4 rings (SSSR count). The van der Waals surface area contributed by atoms with E-state index in [9.17, 15) is 9.59 Å². The zero-order valence-corrected chi connectivity index (χ0v) is 18.1. The van der Waals surface area contributed by atoms with E-state index in [1.54, 1.807) is 12.1 Å². The number of halogens is 1. The Labute approximate surface area is 183 Å². The van der Waals surface area contributed by atoms with Gasteiger partial charge in [0.1, 0.15) is 5.82 Å². The second-order valence-corrected chi connectivity index (χ2v) is 8.24. The molecule has 0 radical (unpaired) electrons. The number of nitrogens with one attached hydrogen (secondary N) is 2. The van der Waals surface area contributed by atoms with E-state index in [1.165, 1.54) is 18.5 Å². The number of benzene rings is 2. The number of aromatic nitrogens is 2. The molecule has 1 aliphatic rings. The summed E-state index contributed by atoms with van der Waals surface area (Å²) in [5.41, 5.74) is 3.63. The van der Waals surface area contributed by atoms with E-state index in [0.717, 1.165) is 34.5 Å². The third-order valence-corrected chi connectivity index (χ3v) is 5.70. The van der Waals surface area contributed by atoms with E-state index in [0.29, 0.717) is 5.56 Å². The second-order valence-electron chi connectivity index (χ2n) is 7.32. The minimum absolute atomic E-state index is 0.142. The molecule has 0 fully saturated rings. The molecule has 2 heterocycles. The van der Waals surface area contributed by atoms with Gasteiger partial charge in [0.2, 0.25) is 5.91 Å². The molecule has 0 saturated heterocycles. The molecule has 30 heavy (non-hydrogen) atoms. The fourth-order valence-corrected chi connectivity index (χ4v) is 3.85. The van der Waals surface area contributed by atoms with Gasteiger partial charge < -0.3 is 15.2 Å². The van der Waals surface area contributed by atoms with Gasteiger partial charge in [0.05, 0.1) is 0 Å². The molecule has 0 spiro atoms. The highest BCUT2D eigenvalue weighted by Crippen LogP contribution is 2.25. The molecule has 2 amide bonds. The van der Waals surface area contributed by atoms with Gasteiger partial charge in [0, 0.05) is 52.7 Å². The lowest BCUT2D eigenvalue weighted by Gasteiger charge is -2.16. The highest BCUT2D eigenvalue weighted by molar-refractivity contribution is 9.10. The Kier molecular flexibility index (Phi) is 6.28.